The quantitative estimate of drug-likeness (QED) is 0.289. The third-order valence-electron chi connectivity index (χ3n) is 4.72. The molecule has 6 nitrogen and oxygen atoms in total. The Morgan fingerprint density at radius 2 is 1.33 bits per heavy atom. The van der Waals surface area contributed by atoms with Crippen LogP contribution in [0.3, 0.4) is 0 Å². The maximum absolute atomic E-state index is 10.5. The molecule has 0 saturated carbocycles. The number of unbranched alkanes of at least 4 members (excludes halogenated alkanes) is 1. The Labute approximate surface area is 196 Å². The molecule has 1 unspecified atom stereocenters. The minimum atomic E-state index is -0.933. The number of nitrogens with two attached hydrogens (primary N) is 3. The molecule has 33 heavy (non-hydrogen) atoms. The molecule has 0 aromatic heterocycles. The summed E-state index contributed by atoms with van der Waals surface area (Å²) >= 11 is 0. The minimum Gasteiger partial charge on any atom is -0.480 e. The molecule has 0 bridgehead atoms. The molecule has 0 saturated heterocycles. The second kappa shape index (κ2) is 17.3. The number of carboxylic acid groups (broad SMARTS) is 1. The third-order valence-corrected chi connectivity index (χ3v) is 4.72. The van der Waals surface area contributed by atoms with Crippen molar-refractivity contribution in [2.75, 3.05) is 13.1 Å². The van der Waals surface area contributed by atoms with E-state index >= 15 is 0 Å². The van der Waals surface area contributed by atoms with Crippen molar-refractivity contribution in [2.45, 2.75) is 31.7 Å². The fourth-order valence-corrected chi connectivity index (χ4v) is 2.83. The van der Waals surface area contributed by atoms with E-state index in [-0.39, 0.29) is 0 Å². The fourth-order valence-electron chi connectivity index (χ4n) is 2.83. The molecule has 3 aromatic carbocycles. The van der Waals surface area contributed by atoms with Crippen LogP contribution in [0.1, 0.15) is 35.2 Å². The van der Waals surface area contributed by atoms with E-state index in [1.807, 2.05) is 60.7 Å². The summed E-state index contributed by atoms with van der Waals surface area (Å²) in [4.78, 5) is 20.6. The zero-order chi connectivity index (χ0) is 24.3. The van der Waals surface area contributed by atoms with Gasteiger partial charge in [0.15, 0.2) is 0 Å². The maximum atomic E-state index is 10.5. The number of carboxylic acids is 1. The lowest BCUT2D eigenvalue weighted by atomic mass is 10.0. The first-order chi connectivity index (χ1) is 16.0. The van der Waals surface area contributed by atoms with Crippen molar-refractivity contribution in [1.29, 1.82) is 0 Å². The van der Waals surface area contributed by atoms with Gasteiger partial charge >= 0.3 is 5.97 Å². The topological polar surface area (TPSA) is 132 Å². The van der Waals surface area contributed by atoms with E-state index in [4.69, 9.17) is 22.3 Å². The van der Waals surface area contributed by atoms with Gasteiger partial charge in [0.05, 0.1) is 0 Å². The van der Waals surface area contributed by atoms with E-state index in [1.54, 1.807) is 0 Å². The van der Waals surface area contributed by atoms with Crippen molar-refractivity contribution in [2.24, 2.45) is 17.2 Å². The highest BCUT2D eigenvalue weighted by Crippen LogP contribution is 2.18. The highest BCUT2D eigenvalue weighted by molar-refractivity contribution is 5.76. The molecule has 0 heterocycles. The molecule has 0 fully saturated rings. The van der Waals surface area contributed by atoms with Crippen LogP contribution in [0.25, 0.3) is 11.1 Å². The number of rotatable bonds is 9. The lowest BCUT2D eigenvalue weighted by molar-refractivity contribution is -0.138. The molecule has 7 N–H and O–H groups in total. The Morgan fingerprint density at radius 3 is 1.82 bits per heavy atom. The molecule has 0 aliphatic rings. The Morgan fingerprint density at radius 1 is 0.788 bits per heavy atom. The molecule has 0 spiro atoms. The van der Waals surface area contributed by atoms with Gasteiger partial charge in [-0.1, -0.05) is 91.3 Å². The van der Waals surface area contributed by atoms with Crippen molar-refractivity contribution < 1.29 is 14.7 Å². The summed E-state index contributed by atoms with van der Waals surface area (Å²) in [5.41, 5.74) is 20.1. The summed E-state index contributed by atoms with van der Waals surface area (Å²) in [5, 5.41) is 8.33. The van der Waals surface area contributed by atoms with Crippen LogP contribution >= 0.6 is 0 Å². The molecule has 0 amide bonds. The first-order valence-corrected chi connectivity index (χ1v) is 11.0. The van der Waals surface area contributed by atoms with Crippen molar-refractivity contribution in [3.8, 4) is 11.1 Å². The number of aliphatic carboxylic acids is 1. The number of hydrogen-bond donors (Lipinski definition) is 4. The van der Waals surface area contributed by atoms with Crippen LogP contribution in [0, 0.1) is 0 Å². The van der Waals surface area contributed by atoms with Gasteiger partial charge in [-0.3, -0.25) is 9.59 Å². The Kier molecular flexibility index (Phi) is 14.5. The predicted molar refractivity (Wildman–Crippen MR) is 135 cm³/mol. The first-order valence-electron chi connectivity index (χ1n) is 11.0. The molecule has 6 heteroatoms. The van der Waals surface area contributed by atoms with E-state index < -0.39 is 12.0 Å². The van der Waals surface area contributed by atoms with Crippen LogP contribution in [0.15, 0.2) is 84.9 Å². The van der Waals surface area contributed by atoms with Crippen molar-refractivity contribution >= 4 is 12.3 Å². The Hall–Kier alpha value is -3.32. The largest absolute Gasteiger partial charge is 0.480 e. The molecular formula is C27H35N3O3. The van der Waals surface area contributed by atoms with E-state index in [1.165, 1.54) is 11.1 Å². The monoisotopic (exact) mass is 449 g/mol. The number of benzene rings is 3. The highest BCUT2D eigenvalue weighted by atomic mass is 16.4. The average Bonchev–Trinajstić information content (AvgIpc) is 2.86. The van der Waals surface area contributed by atoms with Crippen molar-refractivity contribution in [3.63, 3.8) is 0 Å². The first kappa shape index (κ1) is 27.7. The molecule has 176 valence electrons. The van der Waals surface area contributed by atoms with Gasteiger partial charge < -0.3 is 22.3 Å². The van der Waals surface area contributed by atoms with Gasteiger partial charge in [-0.05, 0) is 49.0 Å². The van der Waals surface area contributed by atoms with Crippen molar-refractivity contribution in [3.05, 3.63) is 96.1 Å². The van der Waals surface area contributed by atoms with Gasteiger partial charge in [0, 0.05) is 5.56 Å². The van der Waals surface area contributed by atoms with Gasteiger partial charge in [-0.2, -0.15) is 0 Å². The van der Waals surface area contributed by atoms with Gasteiger partial charge in [0.1, 0.15) is 12.3 Å². The van der Waals surface area contributed by atoms with Gasteiger partial charge in [-0.25, -0.2) is 0 Å². The minimum absolute atomic E-state index is 0.520. The van der Waals surface area contributed by atoms with Crippen LogP contribution in [-0.2, 0) is 11.2 Å². The normalized spacial score (nSPS) is 10.6. The zero-order valence-electron chi connectivity index (χ0n) is 19.0. The van der Waals surface area contributed by atoms with E-state index in [0.717, 1.165) is 37.7 Å². The number of hydrogen-bond acceptors (Lipinski definition) is 5. The lowest BCUT2D eigenvalue weighted by Gasteiger charge is -2.03. The Bertz CT molecular complexity index is 901. The Balaban J connectivity index is 0.000000257. The summed E-state index contributed by atoms with van der Waals surface area (Å²) in [5.74, 6) is -0.933. The van der Waals surface area contributed by atoms with E-state index in [9.17, 15) is 9.59 Å². The van der Waals surface area contributed by atoms with Gasteiger partial charge in [-0.15, -0.1) is 0 Å². The molecule has 1 atom stereocenters. The van der Waals surface area contributed by atoms with Crippen LogP contribution in [0.2, 0.25) is 0 Å². The van der Waals surface area contributed by atoms with Gasteiger partial charge in [0.2, 0.25) is 0 Å². The van der Waals surface area contributed by atoms with Crippen LogP contribution in [0.4, 0.5) is 0 Å². The predicted octanol–water partition coefficient (Wildman–Crippen LogP) is 3.88. The van der Waals surface area contributed by atoms with E-state index in [0.29, 0.717) is 18.5 Å². The summed E-state index contributed by atoms with van der Waals surface area (Å²) in [6.07, 6.45) is 4.01. The molecular weight excluding hydrogens is 414 g/mol. The third kappa shape index (κ3) is 12.3. The lowest BCUT2D eigenvalue weighted by Crippen LogP contribution is -2.29. The smallest absolute Gasteiger partial charge is 0.320 e. The highest BCUT2D eigenvalue weighted by Gasteiger charge is 2.09. The molecule has 0 aliphatic heterocycles. The standard InChI is InChI=1S/C13H10O.C8H11N.C6H14N2O2/c14-10-11-6-8-13(9-7-11)12-4-2-1-3-5-12;9-7-6-8-4-2-1-3-5-8;7-4-2-1-3-5(8)6(9)10/h1-10H;1-5H,6-7,9H2;5H,1-4,7-8H2,(H,9,10). The van der Waals surface area contributed by atoms with Crippen LogP contribution in [0.5, 0.6) is 0 Å². The SMILES string of the molecule is NCCCCC(N)C(=O)O.NCCc1ccccc1.O=Cc1ccc(-c2ccccc2)cc1. The summed E-state index contributed by atoms with van der Waals surface area (Å²) < 4.78 is 0. The zero-order valence-corrected chi connectivity index (χ0v) is 19.0. The number of aldehydes is 1. The fraction of sp³-hybridized carbons (Fsp3) is 0.259. The second-order valence-electron chi connectivity index (χ2n) is 7.36. The van der Waals surface area contributed by atoms with Crippen LogP contribution in [-0.4, -0.2) is 36.5 Å². The summed E-state index contributed by atoms with van der Waals surface area (Å²) in [6.45, 7) is 1.34. The number of carbonyl (C=O) groups is 2. The number of carbonyl (C=O) groups excluding carboxylic acids is 1. The molecule has 0 aliphatic carbocycles. The molecule has 3 rings (SSSR count). The average molecular weight is 450 g/mol. The summed E-state index contributed by atoms with van der Waals surface area (Å²) in [6, 6.07) is 27.2. The summed E-state index contributed by atoms with van der Waals surface area (Å²) in [7, 11) is 0. The van der Waals surface area contributed by atoms with Crippen molar-refractivity contribution in [1.82, 2.24) is 0 Å². The maximum Gasteiger partial charge on any atom is 0.320 e. The van der Waals surface area contributed by atoms with E-state index in [2.05, 4.69) is 24.3 Å². The van der Waals surface area contributed by atoms with Crippen LogP contribution < -0.4 is 17.2 Å². The molecule has 0 radical (unpaired) electrons. The van der Waals surface area contributed by atoms with Gasteiger partial charge in [0.25, 0.3) is 0 Å². The second-order valence-corrected chi connectivity index (χ2v) is 7.36. The molecule has 3 aromatic rings.